The number of nitrogens with one attached hydrogen (secondary N) is 2. The van der Waals surface area contributed by atoms with Crippen molar-refractivity contribution in [2.45, 2.75) is 25.8 Å². The van der Waals surface area contributed by atoms with E-state index in [1.807, 2.05) is 17.9 Å². The van der Waals surface area contributed by atoms with Crippen LogP contribution in [0.2, 0.25) is 0 Å². The lowest BCUT2D eigenvalue weighted by atomic mass is 10.1. The van der Waals surface area contributed by atoms with Crippen molar-refractivity contribution in [2.75, 3.05) is 25.0 Å². The van der Waals surface area contributed by atoms with E-state index < -0.39 is 6.04 Å². The van der Waals surface area contributed by atoms with E-state index >= 15 is 0 Å². The minimum absolute atomic E-state index is 0.0957. The molecule has 1 aliphatic rings. The fraction of sp³-hybridized carbons (Fsp3) is 0.389. The van der Waals surface area contributed by atoms with E-state index in [0.717, 1.165) is 23.5 Å². The number of thiazole rings is 1. The molecule has 1 aromatic heterocycles. The van der Waals surface area contributed by atoms with E-state index in [-0.39, 0.29) is 24.1 Å². The fourth-order valence-corrected chi connectivity index (χ4v) is 3.87. The SMILES string of the molecule is CCN1CCNC(=O)C1CC(=O)Nc1ncc(Cc2cccc(F)c2)s1. The van der Waals surface area contributed by atoms with Gasteiger partial charge in [-0.25, -0.2) is 9.37 Å². The van der Waals surface area contributed by atoms with Gasteiger partial charge in [0.05, 0.1) is 12.5 Å². The molecule has 1 unspecified atom stereocenters. The van der Waals surface area contributed by atoms with Crippen LogP contribution in [-0.2, 0) is 16.0 Å². The number of rotatable bonds is 6. The van der Waals surface area contributed by atoms with Gasteiger partial charge < -0.3 is 10.6 Å². The molecule has 0 radical (unpaired) electrons. The Balaban J connectivity index is 1.58. The topological polar surface area (TPSA) is 74.3 Å². The number of hydrogen-bond acceptors (Lipinski definition) is 5. The summed E-state index contributed by atoms with van der Waals surface area (Å²) in [6, 6.07) is 5.97. The van der Waals surface area contributed by atoms with Crippen LogP contribution in [0, 0.1) is 5.82 Å². The number of likely N-dealkylation sites (N-methyl/N-ethyl adjacent to an activating group) is 1. The molecule has 3 rings (SSSR count). The Kier molecular flexibility index (Phi) is 5.95. The summed E-state index contributed by atoms with van der Waals surface area (Å²) in [6.45, 7) is 4.05. The van der Waals surface area contributed by atoms with Gasteiger partial charge in [-0.3, -0.25) is 14.5 Å². The summed E-state index contributed by atoms with van der Waals surface area (Å²) in [6.07, 6.45) is 2.33. The third-order valence-electron chi connectivity index (χ3n) is 4.29. The lowest BCUT2D eigenvalue weighted by Gasteiger charge is -2.33. The van der Waals surface area contributed by atoms with Crippen LogP contribution < -0.4 is 10.6 Å². The van der Waals surface area contributed by atoms with E-state index in [2.05, 4.69) is 15.6 Å². The highest BCUT2D eigenvalue weighted by Crippen LogP contribution is 2.22. The molecular weight excluding hydrogens is 355 g/mol. The molecule has 0 saturated carbocycles. The van der Waals surface area contributed by atoms with Crippen molar-refractivity contribution in [3.63, 3.8) is 0 Å². The summed E-state index contributed by atoms with van der Waals surface area (Å²) in [7, 11) is 0. The summed E-state index contributed by atoms with van der Waals surface area (Å²) in [5.41, 5.74) is 0.851. The van der Waals surface area contributed by atoms with Crippen molar-refractivity contribution in [1.29, 1.82) is 0 Å². The number of amides is 2. The van der Waals surface area contributed by atoms with Crippen LogP contribution >= 0.6 is 11.3 Å². The molecule has 0 spiro atoms. The van der Waals surface area contributed by atoms with Crippen LogP contribution in [-0.4, -0.2) is 47.4 Å². The Bertz CT molecular complexity index is 795. The number of piperazine rings is 1. The zero-order valence-corrected chi connectivity index (χ0v) is 15.3. The molecule has 1 aromatic carbocycles. The average Bonchev–Trinajstić information content (AvgIpc) is 3.03. The molecule has 138 valence electrons. The number of nitrogens with zero attached hydrogens (tertiary/aromatic N) is 2. The van der Waals surface area contributed by atoms with Crippen LogP contribution in [0.1, 0.15) is 23.8 Å². The van der Waals surface area contributed by atoms with E-state index in [1.54, 1.807) is 12.3 Å². The molecule has 1 fully saturated rings. The molecule has 2 aromatic rings. The standard InChI is InChI=1S/C18H21FN4O2S/c1-2-23-7-6-20-17(25)15(23)10-16(24)22-18-21-11-14(26-18)9-12-4-3-5-13(19)8-12/h3-5,8,11,15H,2,6-7,9-10H2,1H3,(H,20,25)(H,21,22,24). The first-order chi connectivity index (χ1) is 12.5. The van der Waals surface area contributed by atoms with Crippen molar-refractivity contribution in [3.8, 4) is 0 Å². The Morgan fingerprint density at radius 1 is 1.50 bits per heavy atom. The molecule has 1 saturated heterocycles. The Morgan fingerprint density at radius 2 is 2.35 bits per heavy atom. The van der Waals surface area contributed by atoms with Gasteiger partial charge in [-0.05, 0) is 24.2 Å². The first-order valence-corrected chi connectivity index (χ1v) is 9.37. The molecule has 2 N–H and O–H groups in total. The lowest BCUT2D eigenvalue weighted by molar-refractivity contribution is -0.132. The third-order valence-corrected chi connectivity index (χ3v) is 5.21. The van der Waals surface area contributed by atoms with Gasteiger partial charge in [-0.15, -0.1) is 11.3 Å². The lowest BCUT2D eigenvalue weighted by Crippen LogP contribution is -2.56. The molecule has 2 heterocycles. The van der Waals surface area contributed by atoms with Crippen LogP contribution in [0.3, 0.4) is 0 Å². The van der Waals surface area contributed by atoms with Gasteiger partial charge in [0.25, 0.3) is 0 Å². The quantitative estimate of drug-likeness (QED) is 0.809. The van der Waals surface area contributed by atoms with Crippen molar-refractivity contribution in [3.05, 3.63) is 46.7 Å². The highest BCUT2D eigenvalue weighted by atomic mass is 32.1. The van der Waals surface area contributed by atoms with Gasteiger partial charge in [-0.1, -0.05) is 19.1 Å². The van der Waals surface area contributed by atoms with E-state index in [1.165, 1.54) is 23.5 Å². The zero-order chi connectivity index (χ0) is 18.5. The Hall–Kier alpha value is -2.32. The molecule has 0 bridgehead atoms. The summed E-state index contributed by atoms with van der Waals surface area (Å²) in [4.78, 5) is 31.4. The molecule has 1 atom stereocenters. The number of hydrogen-bond donors (Lipinski definition) is 2. The highest BCUT2D eigenvalue weighted by molar-refractivity contribution is 7.15. The summed E-state index contributed by atoms with van der Waals surface area (Å²) in [5, 5.41) is 6.04. The van der Waals surface area contributed by atoms with E-state index in [9.17, 15) is 14.0 Å². The number of aromatic nitrogens is 1. The van der Waals surface area contributed by atoms with Gasteiger partial charge in [-0.2, -0.15) is 0 Å². The van der Waals surface area contributed by atoms with Gasteiger partial charge in [0, 0.05) is 30.6 Å². The third kappa shape index (κ3) is 4.64. The minimum atomic E-state index is -0.444. The van der Waals surface area contributed by atoms with Crippen molar-refractivity contribution in [2.24, 2.45) is 0 Å². The van der Waals surface area contributed by atoms with E-state index in [0.29, 0.717) is 18.1 Å². The van der Waals surface area contributed by atoms with Gasteiger partial charge in [0.1, 0.15) is 5.82 Å². The molecule has 6 nitrogen and oxygen atoms in total. The second-order valence-electron chi connectivity index (χ2n) is 6.13. The number of halogens is 1. The van der Waals surface area contributed by atoms with Gasteiger partial charge >= 0.3 is 0 Å². The zero-order valence-electron chi connectivity index (χ0n) is 14.5. The number of anilines is 1. The average molecular weight is 376 g/mol. The first kappa shape index (κ1) is 18.5. The monoisotopic (exact) mass is 376 g/mol. The van der Waals surface area contributed by atoms with Crippen molar-refractivity contribution >= 4 is 28.3 Å². The fourth-order valence-electron chi connectivity index (χ4n) is 3.00. The molecule has 2 amide bonds. The number of carbonyl (C=O) groups excluding carboxylic acids is 2. The van der Waals surface area contributed by atoms with Crippen LogP contribution in [0.5, 0.6) is 0 Å². The second kappa shape index (κ2) is 8.37. The van der Waals surface area contributed by atoms with Gasteiger partial charge in [0.2, 0.25) is 11.8 Å². The molecule has 1 aliphatic heterocycles. The molecular formula is C18H21FN4O2S. The van der Waals surface area contributed by atoms with Gasteiger partial charge in [0.15, 0.2) is 5.13 Å². The van der Waals surface area contributed by atoms with Crippen LogP contribution in [0.4, 0.5) is 9.52 Å². The first-order valence-electron chi connectivity index (χ1n) is 8.56. The number of carbonyl (C=O) groups is 2. The highest BCUT2D eigenvalue weighted by Gasteiger charge is 2.30. The second-order valence-corrected chi connectivity index (χ2v) is 7.24. The van der Waals surface area contributed by atoms with E-state index in [4.69, 9.17) is 0 Å². The molecule has 8 heteroatoms. The normalized spacial score (nSPS) is 17.8. The Labute approximate surface area is 155 Å². The molecule has 0 aliphatic carbocycles. The number of benzene rings is 1. The summed E-state index contributed by atoms with van der Waals surface area (Å²) < 4.78 is 13.3. The predicted molar refractivity (Wildman–Crippen MR) is 98.6 cm³/mol. The predicted octanol–water partition coefficient (Wildman–Crippen LogP) is 2.02. The maximum Gasteiger partial charge on any atom is 0.237 e. The largest absolute Gasteiger partial charge is 0.353 e. The smallest absolute Gasteiger partial charge is 0.237 e. The van der Waals surface area contributed by atoms with Crippen molar-refractivity contribution in [1.82, 2.24) is 15.2 Å². The summed E-state index contributed by atoms with van der Waals surface area (Å²) >= 11 is 1.35. The minimum Gasteiger partial charge on any atom is -0.353 e. The van der Waals surface area contributed by atoms with Crippen LogP contribution in [0.25, 0.3) is 0 Å². The maximum absolute atomic E-state index is 13.3. The Morgan fingerprint density at radius 3 is 3.12 bits per heavy atom. The molecule has 26 heavy (non-hydrogen) atoms. The maximum atomic E-state index is 13.3. The summed E-state index contributed by atoms with van der Waals surface area (Å²) in [5.74, 6) is -0.622. The van der Waals surface area contributed by atoms with Crippen LogP contribution in [0.15, 0.2) is 30.5 Å². The van der Waals surface area contributed by atoms with Crippen molar-refractivity contribution < 1.29 is 14.0 Å².